The predicted octanol–water partition coefficient (Wildman–Crippen LogP) is 1.83. The summed E-state index contributed by atoms with van der Waals surface area (Å²) in [6.45, 7) is 3.89. The molecule has 1 atom stereocenters. The first kappa shape index (κ1) is 12.2. The summed E-state index contributed by atoms with van der Waals surface area (Å²) in [5.74, 6) is 1.01. The number of hydrogen-bond donors (Lipinski definition) is 2. The van der Waals surface area contributed by atoms with Crippen molar-refractivity contribution >= 4 is 0 Å². The molecule has 0 spiro atoms. The molecule has 0 fully saturated rings. The molecular formula is C14H18N4O. The molecule has 0 saturated carbocycles. The number of rotatable bonds is 5. The maximum Gasteiger partial charge on any atom is 0.122 e. The third-order valence-corrected chi connectivity index (χ3v) is 3.37. The maximum absolute atomic E-state index is 5.55. The van der Waals surface area contributed by atoms with Gasteiger partial charge in [-0.1, -0.05) is 19.1 Å². The third kappa shape index (κ3) is 2.46. The number of nitrogens with one attached hydrogen (secondary N) is 2. The number of ether oxygens (including phenoxy) is 1. The van der Waals surface area contributed by atoms with Crippen molar-refractivity contribution in [3.8, 4) is 5.75 Å². The van der Waals surface area contributed by atoms with Crippen molar-refractivity contribution in [2.24, 2.45) is 0 Å². The van der Waals surface area contributed by atoms with Crippen LogP contribution in [-0.4, -0.2) is 28.6 Å². The van der Waals surface area contributed by atoms with Crippen molar-refractivity contribution < 1.29 is 4.74 Å². The molecule has 2 heterocycles. The second-order valence-electron chi connectivity index (χ2n) is 4.75. The zero-order valence-electron chi connectivity index (χ0n) is 11.0. The minimum absolute atomic E-state index is 0.0876. The largest absolute Gasteiger partial charge is 0.493 e. The van der Waals surface area contributed by atoms with E-state index >= 15 is 0 Å². The van der Waals surface area contributed by atoms with E-state index < -0.39 is 0 Å². The van der Waals surface area contributed by atoms with Gasteiger partial charge in [0.2, 0.25) is 0 Å². The Morgan fingerprint density at radius 1 is 1.47 bits per heavy atom. The third-order valence-electron chi connectivity index (χ3n) is 3.37. The SMILES string of the molecule is CCCNC(c1ccc2c(c1)CCO2)c1cn[nH]n1. The molecule has 1 aromatic carbocycles. The van der Waals surface area contributed by atoms with Gasteiger partial charge >= 0.3 is 0 Å². The number of hydrogen-bond acceptors (Lipinski definition) is 4. The highest BCUT2D eigenvalue weighted by atomic mass is 16.5. The van der Waals surface area contributed by atoms with Gasteiger partial charge in [0.1, 0.15) is 11.4 Å². The van der Waals surface area contributed by atoms with Crippen molar-refractivity contribution in [2.75, 3.05) is 13.2 Å². The molecule has 1 unspecified atom stereocenters. The van der Waals surface area contributed by atoms with E-state index in [2.05, 4.69) is 45.9 Å². The van der Waals surface area contributed by atoms with Gasteiger partial charge < -0.3 is 10.1 Å². The summed E-state index contributed by atoms with van der Waals surface area (Å²) in [5.41, 5.74) is 3.42. The molecule has 100 valence electrons. The number of benzene rings is 1. The zero-order valence-corrected chi connectivity index (χ0v) is 11.0. The van der Waals surface area contributed by atoms with Crippen LogP contribution in [0.15, 0.2) is 24.4 Å². The van der Waals surface area contributed by atoms with Gasteiger partial charge in [0.25, 0.3) is 0 Å². The van der Waals surface area contributed by atoms with Gasteiger partial charge in [0.15, 0.2) is 0 Å². The van der Waals surface area contributed by atoms with E-state index in [4.69, 9.17) is 4.74 Å². The molecule has 5 heteroatoms. The molecule has 2 N–H and O–H groups in total. The Balaban J connectivity index is 1.90. The van der Waals surface area contributed by atoms with Gasteiger partial charge in [-0.3, -0.25) is 0 Å². The summed E-state index contributed by atoms with van der Waals surface area (Å²) in [6.07, 6.45) is 3.85. The van der Waals surface area contributed by atoms with E-state index in [9.17, 15) is 0 Å². The van der Waals surface area contributed by atoms with Gasteiger partial charge in [-0.15, -0.1) is 0 Å². The van der Waals surface area contributed by atoms with E-state index in [1.165, 1.54) is 11.1 Å². The highest BCUT2D eigenvalue weighted by Crippen LogP contribution is 2.29. The minimum atomic E-state index is 0.0876. The predicted molar refractivity (Wildman–Crippen MR) is 72.2 cm³/mol. The summed E-state index contributed by atoms with van der Waals surface area (Å²) in [4.78, 5) is 0. The second-order valence-corrected chi connectivity index (χ2v) is 4.75. The molecule has 0 radical (unpaired) electrons. The molecule has 0 aliphatic carbocycles. The fraction of sp³-hybridized carbons (Fsp3) is 0.429. The van der Waals surface area contributed by atoms with Gasteiger partial charge in [-0.25, -0.2) is 0 Å². The van der Waals surface area contributed by atoms with E-state index in [0.29, 0.717) is 0 Å². The Kier molecular flexibility index (Phi) is 3.46. The Morgan fingerprint density at radius 2 is 2.42 bits per heavy atom. The van der Waals surface area contributed by atoms with Crippen LogP contribution < -0.4 is 10.1 Å². The summed E-state index contributed by atoms with van der Waals surface area (Å²) in [6, 6.07) is 6.46. The van der Waals surface area contributed by atoms with Crippen molar-refractivity contribution in [1.29, 1.82) is 0 Å². The van der Waals surface area contributed by atoms with Crippen LogP contribution in [0, 0.1) is 0 Å². The van der Waals surface area contributed by atoms with Crippen LogP contribution in [0.2, 0.25) is 0 Å². The molecule has 1 aromatic heterocycles. The van der Waals surface area contributed by atoms with E-state index in [0.717, 1.165) is 37.4 Å². The first-order valence-corrected chi connectivity index (χ1v) is 6.73. The highest BCUT2D eigenvalue weighted by molar-refractivity contribution is 5.42. The molecule has 3 rings (SSSR count). The molecule has 1 aliphatic rings. The molecule has 0 amide bonds. The quantitative estimate of drug-likeness (QED) is 0.859. The Hall–Kier alpha value is -1.88. The lowest BCUT2D eigenvalue weighted by atomic mass is 10.0. The molecular weight excluding hydrogens is 240 g/mol. The molecule has 1 aliphatic heterocycles. The summed E-state index contributed by atoms with van der Waals surface area (Å²) >= 11 is 0. The highest BCUT2D eigenvalue weighted by Gasteiger charge is 2.19. The fourth-order valence-electron chi connectivity index (χ4n) is 2.42. The number of aromatic amines is 1. The van der Waals surface area contributed by atoms with Crippen LogP contribution in [0.3, 0.4) is 0 Å². The lowest BCUT2D eigenvalue weighted by Crippen LogP contribution is -2.23. The number of nitrogens with zero attached hydrogens (tertiary/aromatic N) is 2. The van der Waals surface area contributed by atoms with Crippen LogP contribution in [0.4, 0.5) is 0 Å². The second kappa shape index (κ2) is 5.40. The van der Waals surface area contributed by atoms with Crippen LogP contribution in [0.5, 0.6) is 5.75 Å². The van der Waals surface area contributed by atoms with E-state index in [1.54, 1.807) is 6.20 Å². The van der Waals surface area contributed by atoms with Crippen LogP contribution in [-0.2, 0) is 6.42 Å². The van der Waals surface area contributed by atoms with Crippen molar-refractivity contribution in [1.82, 2.24) is 20.7 Å². The fourth-order valence-corrected chi connectivity index (χ4v) is 2.42. The van der Waals surface area contributed by atoms with Crippen LogP contribution in [0.1, 0.15) is 36.2 Å². The zero-order chi connectivity index (χ0) is 13.1. The summed E-state index contributed by atoms with van der Waals surface area (Å²) in [7, 11) is 0. The van der Waals surface area contributed by atoms with Crippen molar-refractivity contribution in [3.05, 3.63) is 41.2 Å². The summed E-state index contributed by atoms with van der Waals surface area (Å²) in [5, 5.41) is 14.3. The van der Waals surface area contributed by atoms with Crippen LogP contribution >= 0.6 is 0 Å². The standard InChI is InChI=1S/C14H18N4O/c1-2-6-15-14(12-9-16-18-17-12)11-3-4-13-10(8-11)5-7-19-13/h3-4,8-9,14-15H,2,5-7H2,1H3,(H,16,17,18). The molecule has 2 aromatic rings. The Bertz CT molecular complexity index is 538. The topological polar surface area (TPSA) is 62.8 Å². The number of H-pyrrole nitrogens is 1. The molecule has 0 saturated heterocycles. The van der Waals surface area contributed by atoms with E-state index in [-0.39, 0.29) is 6.04 Å². The smallest absolute Gasteiger partial charge is 0.122 e. The monoisotopic (exact) mass is 258 g/mol. The molecule has 5 nitrogen and oxygen atoms in total. The first-order chi connectivity index (χ1) is 9.38. The Labute approximate surface area is 112 Å². The van der Waals surface area contributed by atoms with Crippen molar-refractivity contribution in [2.45, 2.75) is 25.8 Å². The Morgan fingerprint density at radius 3 is 3.21 bits per heavy atom. The van der Waals surface area contributed by atoms with Crippen molar-refractivity contribution in [3.63, 3.8) is 0 Å². The van der Waals surface area contributed by atoms with Gasteiger partial charge in [-0.05, 0) is 30.2 Å². The summed E-state index contributed by atoms with van der Waals surface area (Å²) < 4.78 is 5.55. The normalized spacial score (nSPS) is 15.0. The molecule has 0 bridgehead atoms. The lowest BCUT2D eigenvalue weighted by molar-refractivity contribution is 0.357. The van der Waals surface area contributed by atoms with Gasteiger partial charge in [0.05, 0.1) is 18.8 Å². The first-order valence-electron chi connectivity index (χ1n) is 6.73. The lowest BCUT2D eigenvalue weighted by Gasteiger charge is -2.17. The average molecular weight is 258 g/mol. The molecule has 19 heavy (non-hydrogen) atoms. The maximum atomic E-state index is 5.55. The van der Waals surface area contributed by atoms with E-state index in [1.807, 2.05) is 0 Å². The van der Waals surface area contributed by atoms with Gasteiger partial charge in [0, 0.05) is 6.42 Å². The number of fused-ring (bicyclic) bond motifs is 1. The number of aromatic nitrogens is 3. The average Bonchev–Trinajstić information content (AvgIpc) is 3.09. The van der Waals surface area contributed by atoms with Crippen LogP contribution in [0.25, 0.3) is 0 Å². The minimum Gasteiger partial charge on any atom is -0.493 e. The van der Waals surface area contributed by atoms with Gasteiger partial charge in [-0.2, -0.15) is 15.4 Å².